The summed E-state index contributed by atoms with van der Waals surface area (Å²) in [5, 5.41) is 3.59. The number of nitrogens with one attached hydrogen (secondary N) is 1. The lowest BCUT2D eigenvalue weighted by Crippen LogP contribution is -2.42. The summed E-state index contributed by atoms with van der Waals surface area (Å²) in [6.07, 6.45) is 0.716. The maximum atomic E-state index is 13.6. The van der Waals surface area contributed by atoms with Gasteiger partial charge in [-0.15, -0.1) is 0 Å². The van der Waals surface area contributed by atoms with E-state index in [1.165, 1.54) is 0 Å². The minimum atomic E-state index is -3.03. The van der Waals surface area contributed by atoms with E-state index < -0.39 is 12.6 Å². The second-order valence-electron chi connectivity index (χ2n) is 5.23. The molecule has 0 amide bonds. The molecule has 0 saturated carbocycles. The van der Waals surface area contributed by atoms with Gasteiger partial charge in [0.05, 0.1) is 11.0 Å². The SMILES string of the molecule is CC[C@@]1(C)Nc2ccccc2O[P@]1(=O)c1ccccc1. The Kier molecular flexibility index (Phi) is 3.10. The molecule has 0 unspecified atom stereocenters. The van der Waals surface area contributed by atoms with Crippen LogP contribution in [-0.4, -0.2) is 5.28 Å². The van der Waals surface area contributed by atoms with Crippen LogP contribution in [0, 0.1) is 0 Å². The lowest BCUT2D eigenvalue weighted by molar-refractivity contribution is 0.441. The van der Waals surface area contributed by atoms with Crippen LogP contribution < -0.4 is 15.1 Å². The molecule has 1 aliphatic heterocycles. The zero-order valence-corrected chi connectivity index (χ0v) is 12.6. The van der Waals surface area contributed by atoms with Gasteiger partial charge in [-0.3, -0.25) is 4.57 Å². The molecule has 0 aliphatic carbocycles. The van der Waals surface area contributed by atoms with E-state index in [0.29, 0.717) is 12.2 Å². The van der Waals surface area contributed by atoms with Gasteiger partial charge in [-0.25, -0.2) is 0 Å². The van der Waals surface area contributed by atoms with Crippen molar-refractivity contribution in [2.75, 3.05) is 5.32 Å². The van der Waals surface area contributed by atoms with Gasteiger partial charge in [0.25, 0.3) is 0 Å². The van der Waals surface area contributed by atoms with Gasteiger partial charge in [-0.05, 0) is 37.6 Å². The summed E-state index contributed by atoms with van der Waals surface area (Å²) in [5.74, 6) is 0.658. The van der Waals surface area contributed by atoms with Crippen LogP contribution in [0.2, 0.25) is 0 Å². The minimum Gasteiger partial charge on any atom is -0.436 e. The van der Waals surface area contributed by atoms with E-state index in [2.05, 4.69) is 5.32 Å². The summed E-state index contributed by atoms with van der Waals surface area (Å²) >= 11 is 0. The highest BCUT2D eigenvalue weighted by Gasteiger charge is 2.50. The van der Waals surface area contributed by atoms with Crippen molar-refractivity contribution in [3.8, 4) is 5.75 Å². The van der Waals surface area contributed by atoms with Gasteiger partial charge in [0.1, 0.15) is 11.0 Å². The molecule has 3 rings (SSSR count). The van der Waals surface area contributed by atoms with Gasteiger partial charge < -0.3 is 9.84 Å². The lowest BCUT2D eigenvalue weighted by Gasteiger charge is -2.42. The second kappa shape index (κ2) is 4.68. The number of hydrogen-bond donors (Lipinski definition) is 1. The third-order valence-corrected chi connectivity index (χ3v) is 7.11. The van der Waals surface area contributed by atoms with Crippen molar-refractivity contribution in [2.24, 2.45) is 0 Å². The first-order valence-corrected chi connectivity index (χ1v) is 8.44. The smallest absolute Gasteiger partial charge is 0.301 e. The summed E-state index contributed by atoms with van der Waals surface area (Å²) in [4.78, 5) is 0. The van der Waals surface area contributed by atoms with Gasteiger partial charge in [0.2, 0.25) is 0 Å². The van der Waals surface area contributed by atoms with Gasteiger partial charge in [0, 0.05) is 0 Å². The van der Waals surface area contributed by atoms with Crippen molar-refractivity contribution < 1.29 is 9.09 Å². The van der Waals surface area contributed by atoms with Crippen molar-refractivity contribution in [1.82, 2.24) is 0 Å². The predicted molar refractivity (Wildman–Crippen MR) is 83.1 cm³/mol. The van der Waals surface area contributed by atoms with E-state index in [0.717, 1.165) is 11.0 Å². The Bertz CT molecular complexity index is 671. The summed E-state index contributed by atoms with van der Waals surface area (Å²) in [6.45, 7) is 4.00. The van der Waals surface area contributed by atoms with Crippen molar-refractivity contribution >= 4 is 18.4 Å². The average molecular weight is 287 g/mol. The van der Waals surface area contributed by atoms with Crippen LogP contribution >= 0.6 is 7.37 Å². The number of rotatable bonds is 2. The Morgan fingerprint density at radius 2 is 1.75 bits per heavy atom. The molecule has 0 radical (unpaired) electrons. The monoisotopic (exact) mass is 287 g/mol. The Balaban J connectivity index is 2.17. The quantitative estimate of drug-likeness (QED) is 0.840. The van der Waals surface area contributed by atoms with Gasteiger partial charge in [0.15, 0.2) is 0 Å². The molecule has 2 aromatic carbocycles. The summed E-state index contributed by atoms with van der Waals surface area (Å²) in [6, 6.07) is 17.1. The zero-order chi connectivity index (χ0) is 14.2. The predicted octanol–water partition coefficient (Wildman–Crippen LogP) is 4.22. The molecule has 2 aromatic rings. The molecular weight excluding hydrogens is 269 g/mol. The molecule has 3 nitrogen and oxygen atoms in total. The van der Waals surface area contributed by atoms with E-state index in [1.807, 2.05) is 68.4 Å². The van der Waals surface area contributed by atoms with Crippen LogP contribution in [0.5, 0.6) is 5.75 Å². The second-order valence-corrected chi connectivity index (χ2v) is 8.02. The highest BCUT2D eigenvalue weighted by atomic mass is 31.2. The van der Waals surface area contributed by atoms with Crippen LogP contribution in [0.25, 0.3) is 0 Å². The molecule has 104 valence electrons. The van der Waals surface area contributed by atoms with E-state index in [1.54, 1.807) is 0 Å². The Labute approximate surface area is 119 Å². The van der Waals surface area contributed by atoms with Crippen molar-refractivity contribution in [3.05, 3.63) is 54.6 Å². The Morgan fingerprint density at radius 1 is 1.10 bits per heavy atom. The fraction of sp³-hybridized carbons (Fsp3) is 0.250. The molecule has 0 saturated heterocycles. The van der Waals surface area contributed by atoms with E-state index in [9.17, 15) is 4.57 Å². The normalized spacial score (nSPS) is 28.1. The number of hydrogen-bond acceptors (Lipinski definition) is 3. The first-order chi connectivity index (χ1) is 9.59. The molecule has 0 fully saturated rings. The van der Waals surface area contributed by atoms with Crippen LogP contribution in [-0.2, 0) is 4.57 Å². The maximum absolute atomic E-state index is 13.6. The molecule has 20 heavy (non-hydrogen) atoms. The van der Waals surface area contributed by atoms with Crippen LogP contribution in [0.1, 0.15) is 20.3 Å². The first-order valence-electron chi connectivity index (χ1n) is 6.82. The fourth-order valence-electron chi connectivity index (χ4n) is 2.51. The lowest BCUT2D eigenvalue weighted by atomic mass is 10.2. The van der Waals surface area contributed by atoms with Gasteiger partial charge in [-0.2, -0.15) is 0 Å². The van der Waals surface area contributed by atoms with Crippen molar-refractivity contribution in [1.29, 1.82) is 0 Å². The molecule has 0 aromatic heterocycles. The molecule has 1 heterocycles. The molecule has 4 heteroatoms. The van der Waals surface area contributed by atoms with Gasteiger partial charge >= 0.3 is 7.37 Å². The molecule has 0 spiro atoms. The largest absolute Gasteiger partial charge is 0.436 e. The third kappa shape index (κ3) is 1.85. The molecule has 1 N–H and O–H groups in total. The average Bonchev–Trinajstić information content (AvgIpc) is 2.49. The van der Waals surface area contributed by atoms with Crippen LogP contribution in [0.3, 0.4) is 0 Å². The van der Waals surface area contributed by atoms with E-state index in [-0.39, 0.29) is 0 Å². The van der Waals surface area contributed by atoms with Crippen LogP contribution in [0.15, 0.2) is 54.6 Å². The highest BCUT2D eigenvalue weighted by Crippen LogP contribution is 2.63. The number of benzene rings is 2. The number of anilines is 1. The minimum absolute atomic E-state index is 0.595. The standard InChI is InChI=1S/C16H18NO2P/c1-3-16(2)17-14-11-7-8-12-15(14)19-20(16,18)13-9-5-4-6-10-13/h4-12,17H,3H2,1-2H3/t16-,20+/m0/s1. The van der Waals surface area contributed by atoms with Crippen molar-refractivity contribution in [2.45, 2.75) is 25.5 Å². The third-order valence-electron chi connectivity index (χ3n) is 3.95. The summed E-state index contributed by atoms with van der Waals surface area (Å²) < 4.78 is 19.6. The fourth-order valence-corrected chi connectivity index (χ4v) is 5.07. The molecule has 2 atom stereocenters. The van der Waals surface area contributed by atoms with E-state index in [4.69, 9.17) is 4.52 Å². The van der Waals surface area contributed by atoms with Crippen LogP contribution in [0.4, 0.5) is 5.69 Å². The maximum Gasteiger partial charge on any atom is 0.301 e. The van der Waals surface area contributed by atoms with Gasteiger partial charge in [-0.1, -0.05) is 37.3 Å². The topological polar surface area (TPSA) is 38.3 Å². The first kappa shape index (κ1) is 13.3. The summed E-state index contributed by atoms with van der Waals surface area (Å²) in [7, 11) is -3.03. The molecule has 0 bridgehead atoms. The molecular formula is C16H18NO2P. The Hall–Kier alpha value is -1.73. The zero-order valence-electron chi connectivity index (χ0n) is 11.7. The molecule has 1 aliphatic rings. The number of fused-ring (bicyclic) bond motifs is 1. The number of para-hydroxylation sites is 2. The highest BCUT2D eigenvalue weighted by molar-refractivity contribution is 7.69. The summed E-state index contributed by atoms with van der Waals surface area (Å²) in [5.41, 5.74) is 0.902. The van der Waals surface area contributed by atoms with E-state index >= 15 is 0 Å². The Morgan fingerprint density at radius 3 is 2.45 bits per heavy atom. The van der Waals surface area contributed by atoms with Crippen molar-refractivity contribution in [3.63, 3.8) is 0 Å².